The normalized spacial score (nSPS) is 18.9. The highest BCUT2D eigenvalue weighted by molar-refractivity contribution is 5.88. The minimum absolute atomic E-state index is 0.124. The molecule has 3 aromatic rings. The average molecular weight is 726 g/mol. The van der Waals surface area contributed by atoms with Gasteiger partial charge in [-0.25, -0.2) is 14.1 Å². The van der Waals surface area contributed by atoms with E-state index in [0.717, 1.165) is 5.56 Å². The van der Waals surface area contributed by atoms with Crippen molar-refractivity contribution in [1.82, 2.24) is 35.6 Å². The van der Waals surface area contributed by atoms with Gasteiger partial charge in [-0.3, -0.25) is 19.3 Å². The van der Waals surface area contributed by atoms with Crippen LogP contribution in [0.1, 0.15) is 75.3 Å². The van der Waals surface area contributed by atoms with Crippen molar-refractivity contribution in [2.75, 3.05) is 48.1 Å². The fraction of sp³-hybridized carbons (Fsp3) is 0.541. The second-order valence-corrected chi connectivity index (χ2v) is 13.0. The predicted molar refractivity (Wildman–Crippen MR) is 192 cm³/mol. The fourth-order valence-electron chi connectivity index (χ4n) is 6.12. The minimum Gasteiger partial charge on any atom is -0.493 e. The number of carbonyl (C=O) groups is 3. The van der Waals surface area contributed by atoms with E-state index in [0.29, 0.717) is 85.5 Å². The van der Waals surface area contributed by atoms with E-state index in [1.165, 1.54) is 25.0 Å². The smallest absolute Gasteiger partial charge is 0.243 e. The molecule has 1 aliphatic heterocycles. The first-order valence-electron chi connectivity index (χ1n) is 17.6. The Bertz CT molecular complexity index is 1680. The molecular formula is C37H52FN7O7. The van der Waals surface area contributed by atoms with Gasteiger partial charge in [0.1, 0.15) is 24.2 Å². The van der Waals surface area contributed by atoms with Gasteiger partial charge in [0.25, 0.3) is 0 Å². The third kappa shape index (κ3) is 10.6. The molecule has 3 N–H and O–H groups in total. The minimum atomic E-state index is -0.790. The van der Waals surface area contributed by atoms with Crippen molar-refractivity contribution in [2.24, 2.45) is 5.92 Å². The van der Waals surface area contributed by atoms with Crippen LogP contribution in [0, 0.1) is 11.7 Å². The van der Waals surface area contributed by atoms with Gasteiger partial charge in [-0.1, -0.05) is 26.3 Å². The number of nitrogens with one attached hydrogen (secondary N) is 3. The highest BCUT2D eigenvalue weighted by atomic mass is 19.1. The van der Waals surface area contributed by atoms with E-state index in [1.807, 2.05) is 30.9 Å². The maximum absolute atomic E-state index is 15.1. The average Bonchev–Trinajstić information content (AvgIpc) is 3.53. The van der Waals surface area contributed by atoms with E-state index in [4.69, 9.17) is 23.9 Å². The number of rotatable bonds is 10. The van der Waals surface area contributed by atoms with E-state index in [9.17, 15) is 14.4 Å². The zero-order valence-electron chi connectivity index (χ0n) is 31.2. The van der Waals surface area contributed by atoms with Crippen molar-refractivity contribution in [3.8, 4) is 23.0 Å². The summed E-state index contributed by atoms with van der Waals surface area (Å²) in [6.07, 6.45) is 2.22. The zero-order valence-corrected chi connectivity index (χ0v) is 31.2. The number of ether oxygens (including phenoxy) is 4. The van der Waals surface area contributed by atoms with Gasteiger partial charge in [0.15, 0.2) is 28.8 Å². The molecule has 2 aromatic carbocycles. The number of hydrogen-bond donors (Lipinski definition) is 3. The van der Waals surface area contributed by atoms with Gasteiger partial charge in [-0.2, -0.15) is 5.10 Å². The molecular weight excluding hydrogens is 673 g/mol. The Morgan fingerprint density at radius 1 is 0.904 bits per heavy atom. The van der Waals surface area contributed by atoms with Crippen LogP contribution in [0.4, 0.5) is 4.39 Å². The Morgan fingerprint density at radius 3 is 2.27 bits per heavy atom. The Balaban J connectivity index is 1.59. The number of carbonyl (C=O) groups excluding carboxylic acids is 3. The van der Waals surface area contributed by atoms with Crippen molar-refractivity contribution in [3.05, 3.63) is 58.9 Å². The summed E-state index contributed by atoms with van der Waals surface area (Å²) in [6, 6.07) is 7.01. The first-order valence-corrected chi connectivity index (χ1v) is 17.6. The summed E-state index contributed by atoms with van der Waals surface area (Å²) in [4.78, 5) is 46.9. The Kier molecular flexibility index (Phi) is 14.6. The Labute approximate surface area is 304 Å². The summed E-state index contributed by atoms with van der Waals surface area (Å²) in [6.45, 7) is 7.14. The molecule has 2 heterocycles. The lowest BCUT2D eigenvalue weighted by molar-refractivity contribution is -0.130. The van der Waals surface area contributed by atoms with E-state index >= 15 is 4.39 Å². The molecule has 0 bridgehead atoms. The number of fused-ring (bicyclic) bond motifs is 1. The maximum atomic E-state index is 15.1. The highest BCUT2D eigenvalue weighted by Gasteiger charge is 2.29. The van der Waals surface area contributed by atoms with Gasteiger partial charge in [-0.05, 0) is 56.0 Å². The van der Waals surface area contributed by atoms with Gasteiger partial charge >= 0.3 is 0 Å². The van der Waals surface area contributed by atoms with Crippen molar-refractivity contribution >= 4 is 17.7 Å². The number of benzene rings is 2. The van der Waals surface area contributed by atoms with Crippen LogP contribution >= 0.6 is 0 Å². The van der Waals surface area contributed by atoms with Gasteiger partial charge in [-0.15, -0.1) is 0 Å². The fourth-order valence-corrected chi connectivity index (χ4v) is 6.12. The van der Waals surface area contributed by atoms with E-state index in [-0.39, 0.29) is 43.1 Å². The molecule has 52 heavy (non-hydrogen) atoms. The molecule has 0 fully saturated rings. The molecule has 284 valence electrons. The van der Waals surface area contributed by atoms with Crippen LogP contribution in [-0.2, 0) is 33.9 Å². The molecule has 3 amide bonds. The van der Waals surface area contributed by atoms with Crippen LogP contribution in [0.25, 0.3) is 0 Å². The van der Waals surface area contributed by atoms with Crippen LogP contribution in [0.2, 0.25) is 0 Å². The summed E-state index contributed by atoms with van der Waals surface area (Å²) in [5, 5.41) is 13.6. The third-order valence-corrected chi connectivity index (χ3v) is 9.20. The topological polar surface area (TPSA) is 158 Å². The lowest BCUT2D eigenvalue weighted by Crippen LogP contribution is -2.51. The number of hydrogen-bond acceptors (Lipinski definition) is 10. The molecule has 3 atom stereocenters. The number of halogens is 1. The van der Waals surface area contributed by atoms with Crippen LogP contribution in [-0.4, -0.2) is 91.5 Å². The number of aromatic nitrogens is 3. The van der Waals surface area contributed by atoms with Crippen LogP contribution in [0.5, 0.6) is 23.0 Å². The van der Waals surface area contributed by atoms with Gasteiger partial charge in [0.2, 0.25) is 17.7 Å². The lowest BCUT2D eigenvalue weighted by Gasteiger charge is -2.26. The number of nitrogens with zero attached hydrogens (tertiary/aromatic N) is 4. The standard InChI is InChI=1S/C37H52FN7O7/c1-8-23(2)35-37(48)40-24(3)36-41-32(18-25-12-13-28(49-4)29(17-25)50-5)43-45(36)22-34(47)39-14-10-16-44(15-9-11-33(46)42-35)21-26-19-30(51-6)31(52-7)20-27(26)38/h12-13,17,19-20,23-24,35H,8-11,14-16,18,21-22H2,1-7H3,(H,39,47)(H,40,48)(H,42,46)/t23-,24+,35-/m0/s1. The Morgan fingerprint density at radius 2 is 1.58 bits per heavy atom. The third-order valence-electron chi connectivity index (χ3n) is 9.20. The second-order valence-electron chi connectivity index (χ2n) is 13.0. The van der Waals surface area contributed by atoms with Gasteiger partial charge < -0.3 is 34.9 Å². The summed E-state index contributed by atoms with van der Waals surface area (Å²) in [5.74, 6) is 1.23. The molecule has 0 radical (unpaired) electrons. The number of amides is 3. The quantitative estimate of drug-likeness (QED) is 0.282. The van der Waals surface area contributed by atoms with Gasteiger partial charge in [0, 0.05) is 44.1 Å². The van der Waals surface area contributed by atoms with Crippen molar-refractivity contribution in [1.29, 1.82) is 0 Å². The molecule has 0 spiro atoms. The van der Waals surface area contributed by atoms with E-state index < -0.39 is 17.9 Å². The molecule has 0 saturated heterocycles. The molecule has 1 aliphatic rings. The molecule has 0 saturated carbocycles. The van der Waals surface area contributed by atoms with Crippen molar-refractivity contribution in [3.63, 3.8) is 0 Å². The summed E-state index contributed by atoms with van der Waals surface area (Å²) in [7, 11) is 6.07. The lowest BCUT2D eigenvalue weighted by atomic mass is 9.97. The number of methoxy groups -OCH3 is 4. The van der Waals surface area contributed by atoms with Crippen LogP contribution in [0.15, 0.2) is 30.3 Å². The molecule has 0 aliphatic carbocycles. The van der Waals surface area contributed by atoms with E-state index in [2.05, 4.69) is 21.0 Å². The molecule has 0 unspecified atom stereocenters. The largest absolute Gasteiger partial charge is 0.493 e. The van der Waals surface area contributed by atoms with E-state index in [1.54, 1.807) is 33.3 Å². The summed E-state index contributed by atoms with van der Waals surface area (Å²) in [5.41, 5.74) is 1.28. The van der Waals surface area contributed by atoms with Crippen LogP contribution < -0.4 is 34.9 Å². The summed E-state index contributed by atoms with van der Waals surface area (Å²) < 4.78 is 38.0. The monoisotopic (exact) mass is 725 g/mol. The van der Waals surface area contributed by atoms with Crippen molar-refractivity contribution < 1.29 is 37.7 Å². The zero-order chi connectivity index (χ0) is 37.8. The molecule has 14 nitrogen and oxygen atoms in total. The van der Waals surface area contributed by atoms with Crippen LogP contribution in [0.3, 0.4) is 0 Å². The molecule has 15 heteroatoms. The first kappa shape index (κ1) is 39.9. The molecule has 4 rings (SSSR count). The van der Waals surface area contributed by atoms with Crippen molar-refractivity contribution in [2.45, 2.75) is 78.0 Å². The summed E-state index contributed by atoms with van der Waals surface area (Å²) >= 11 is 0. The predicted octanol–water partition coefficient (Wildman–Crippen LogP) is 3.55. The highest BCUT2D eigenvalue weighted by Crippen LogP contribution is 2.31. The Hall–Kier alpha value is -4.92. The molecule has 1 aromatic heterocycles. The second kappa shape index (κ2) is 19.1. The van der Waals surface area contributed by atoms with Gasteiger partial charge in [0.05, 0.1) is 34.5 Å². The maximum Gasteiger partial charge on any atom is 0.243 e. The first-order chi connectivity index (χ1) is 25.0. The SMILES string of the molecule is CC[C@H](C)[C@@H]1NC(=O)CCCN(Cc2cc(OC)c(OC)cc2F)CCCNC(=O)Cn2nc(Cc3ccc(OC)c(OC)c3)nc2[C@@H](C)NC1=O.